The van der Waals surface area contributed by atoms with Gasteiger partial charge in [0.25, 0.3) is 0 Å². The number of hydrogen-bond acceptors (Lipinski definition) is 4. The Morgan fingerprint density at radius 2 is 1.89 bits per heavy atom. The fraction of sp³-hybridized carbons (Fsp3) is 0.250. The third-order valence-electron chi connectivity index (χ3n) is 4.31. The van der Waals surface area contributed by atoms with E-state index in [0.717, 1.165) is 0 Å². The fourth-order valence-electron chi connectivity index (χ4n) is 2.97. The Morgan fingerprint density at radius 3 is 2.59 bits per heavy atom. The van der Waals surface area contributed by atoms with Crippen LogP contribution >= 0.6 is 11.6 Å². The van der Waals surface area contributed by atoms with Gasteiger partial charge in [0.05, 0.1) is 23.8 Å². The molecule has 1 unspecified atom stereocenters. The van der Waals surface area contributed by atoms with Gasteiger partial charge in [0.1, 0.15) is 0 Å². The first-order chi connectivity index (χ1) is 13.0. The van der Waals surface area contributed by atoms with Gasteiger partial charge in [-0.25, -0.2) is 4.79 Å². The molecular weight excluding hydrogens is 368 g/mol. The van der Waals surface area contributed by atoms with Crippen molar-refractivity contribution in [1.29, 1.82) is 0 Å². The van der Waals surface area contributed by atoms with Crippen LogP contribution in [0.2, 0.25) is 5.02 Å². The Kier molecular flexibility index (Phi) is 5.76. The molecule has 0 saturated carbocycles. The highest BCUT2D eigenvalue weighted by molar-refractivity contribution is 6.30. The number of anilines is 2. The summed E-state index contributed by atoms with van der Waals surface area (Å²) in [5.74, 6) is -1.45. The second kappa shape index (κ2) is 8.22. The van der Waals surface area contributed by atoms with Gasteiger partial charge in [0.2, 0.25) is 11.8 Å². The summed E-state index contributed by atoms with van der Waals surface area (Å²) in [7, 11) is 0. The smallest absolute Gasteiger partial charge is 0.340 e. The number of carbonyl (C=O) groups excluding carboxylic acids is 3. The lowest BCUT2D eigenvalue weighted by Crippen LogP contribution is -2.28. The maximum Gasteiger partial charge on any atom is 0.340 e. The Bertz CT molecular complexity index is 867. The van der Waals surface area contributed by atoms with E-state index in [0.29, 0.717) is 16.4 Å². The van der Waals surface area contributed by atoms with Crippen molar-refractivity contribution >= 4 is 40.8 Å². The van der Waals surface area contributed by atoms with E-state index in [1.807, 2.05) is 0 Å². The quantitative estimate of drug-likeness (QED) is 0.798. The predicted octanol–water partition coefficient (Wildman–Crippen LogP) is 3.51. The van der Waals surface area contributed by atoms with Crippen molar-refractivity contribution in [2.45, 2.75) is 13.3 Å². The number of rotatable bonds is 5. The van der Waals surface area contributed by atoms with Gasteiger partial charge < -0.3 is 15.0 Å². The van der Waals surface area contributed by atoms with E-state index >= 15 is 0 Å². The van der Waals surface area contributed by atoms with Crippen molar-refractivity contribution in [2.24, 2.45) is 5.92 Å². The van der Waals surface area contributed by atoms with Crippen LogP contribution in [0.1, 0.15) is 23.7 Å². The normalized spacial score (nSPS) is 16.3. The van der Waals surface area contributed by atoms with E-state index in [1.165, 1.54) is 0 Å². The lowest BCUT2D eigenvalue weighted by atomic mass is 10.1. The Hall–Kier alpha value is -2.86. The molecule has 1 saturated heterocycles. The molecule has 2 aromatic carbocycles. The van der Waals surface area contributed by atoms with Crippen LogP contribution in [-0.4, -0.2) is 30.9 Å². The minimum absolute atomic E-state index is 0.107. The van der Waals surface area contributed by atoms with Crippen LogP contribution < -0.4 is 10.2 Å². The number of nitrogens with zero attached hydrogens (tertiary/aromatic N) is 1. The standard InChI is InChI=1S/C20H19ClN2O4/c1-2-27-20(26)16-5-3-4-6-17(16)22-19(25)13-11-18(24)23(12-13)15-9-7-14(21)8-10-15/h3-10,13H,2,11-12H2,1H3,(H,22,25). The van der Waals surface area contributed by atoms with E-state index < -0.39 is 11.9 Å². The fourth-order valence-corrected chi connectivity index (χ4v) is 3.09. The molecule has 0 bridgehead atoms. The Balaban J connectivity index is 1.72. The van der Waals surface area contributed by atoms with Gasteiger partial charge in [-0.2, -0.15) is 0 Å². The maximum atomic E-state index is 12.7. The van der Waals surface area contributed by atoms with Crippen LogP contribution in [0.4, 0.5) is 11.4 Å². The largest absolute Gasteiger partial charge is 0.462 e. The van der Waals surface area contributed by atoms with Gasteiger partial charge in [0.15, 0.2) is 0 Å². The molecule has 1 aliphatic rings. The van der Waals surface area contributed by atoms with Gasteiger partial charge in [-0.3, -0.25) is 9.59 Å². The summed E-state index contributed by atoms with van der Waals surface area (Å²) in [5, 5.41) is 3.33. The van der Waals surface area contributed by atoms with Crippen LogP contribution in [0.5, 0.6) is 0 Å². The summed E-state index contributed by atoms with van der Waals surface area (Å²) in [6.45, 7) is 2.23. The van der Waals surface area contributed by atoms with Crippen LogP contribution in [0.25, 0.3) is 0 Å². The predicted molar refractivity (Wildman–Crippen MR) is 103 cm³/mol. The molecule has 6 nitrogen and oxygen atoms in total. The topological polar surface area (TPSA) is 75.7 Å². The molecule has 2 aromatic rings. The maximum absolute atomic E-state index is 12.7. The zero-order valence-corrected chi connectivity index (χ0v) is 15.5. The molecule has 3 rings (SSSR count). The summed E-state index contributed by atoms with van der Waals surface area (Å²) in [5.41, 5.74) is 1.36. The SMILES string of the molecule is CCOC(=O)c1ccccc1NC(=O)C1CC(=O)N(c2ccc(Cl)cc2)C1. The van der Waals surface area contributed by atoms with Crippen LogP contribution in [0.3, 0.4) is 0 Å². The average Bonchev–Trinajstić information content (AvgIpc) is 3.05. The van der Waals surface area contributed by atoms with Crippen molar-refractivity contribution in [2.75, 3.05) is 23.4 Å². The zero-order valence-electron chi connectivity index (χ0n) is 14.8. The first-order valence-electron chi connectivity index (χ1n) is 8.62. The number of ether oxygens (including phenoxy) is 1. The lowest BCUT2D eigenvalue weighted by Gasteiger charge is -2.17. The summed E-state index contributed by atoms with van der Waals surface area (Å²) >= 11 is 5.88. The molecule has 2 amide bonds. The third kappa shape index (κ3) is 4.28. The summed E-state index contributed by atoms with van der Waals surface area (Å²) in [4.78, 5) is 38.6. The molecule has 0 aliphatic carbocycles. The summed E-state index contributed by atoms with van der Waals surface area (Å²) in [6, 6.07) is 13.5. The highest BCUT2D eigenvalue weighted by Gasteiger charge is 2.35. The number of hydrogen-bond donors (Lipinski definition) is 1. The molecule has 0 radical (unpaired) electrons. The van der Waals surface area contributed by atoms with E-state index in [4.69, 9.17) is 16.3 Å². The molecule has 140 valence electrons. The molecule has 1 atom stereocenters. The van der Waals surface area contributed by atoms with Crippen molar-refractivity contribution in [3.8, 4) is 0 Å². The molecule has 1 N–H and O–H groups in total. The molecule has 27 heavy (non-hydrogen) atoms. The highest BCUT2D eigenvalue weighted by Crippen LogP contribution is 2.27. The molecule has 7 heteroatoms. The minimum Gasteiger partial charge on any atom is -0.462 e. The minimum atomic E-state index is -0.511. The highest BCUT2D eigenvalue weighted by atomic mass is 35.5. The van der Waals surface area contributed by atoms with E-state index in [9.17, 15) is 14.4 Å². The van der Waals surface area contributed by atoms with Gasteiger partial charge in [-0.05, 0) is 43.3 Å². The molecule has 1 aliphatic heterocycles. The van der Waals surface area contributed by atoms with Crippen molar-refractivity contribution in [3.05, 3.63) is 59.1 Å². The molecular formula is C20H19ClN2O4. The molecule has 1 heterocycles. The molecule has 0 spiro atoms. The van der Waals surface area contributed by atoms with Crippen LogP contribution in [0.15, 0.2) is 48.5 Å². The van der Waals surface area contributed by atoms with Crippen LogP contribution in [-0.2, 0) is 14.3 Å². The number of carbonyl (C=O) groups is 3. The Labute approximate surface area is 162 Å². The van der Waals surface area contributed by atoms with Crippen molar-refractivity contribution in [1.82, 2.24) is 0 Å². The van der Waals surface area contributed by atoms with E-state index in [-0.39, 0.29) is 37.0 Å². The lowest BCUT2D eigenvalue weighted by molar-refractivity contribution is -0.122. The van der Waals surface area contributed by atoms with E-state index in [1.54, 1.807) is 60.4 Å². The number of halogens is 1. The Morgan fingerprint density at radius 1 is 1.19 bits per heavy atom. The first-order valence-corrected chi connectivity index (χ1v) is 9.00. The second-order valence-corrected chi connectivity index (χ2v) is 6.57. The van der Waals surface area contributed by atoms with Crippen molar-refractivity contribution in [3.63, 3.8) is 0 Å². The number of para-hydroxylation sites is 1. The second-order valence-electron chi connectivity index (χ2n) is 6.14. The number of benzene rings is 2. The number of amides is 2. The van der Waals surface area contributed by atoms with E-state index in [2.05, 4.69) is 5.32 Å². The summed E-state index contributed by atoms with van der Waals surface area (Å²) < 4.78 is 5.01. The molecule has 0 aromatic heterocycles. The van der Waals surface area contributed by atoms with Crippen LogP contribution in [0, 0.1) is 5.92 Å². The van der Waals surface area contributed by atoms with Gasteiger partial charge in [0, 0.05) is 23.7 Å². The first kappa shape index (κ1) is 18.9. The monoisotopic (exact) mass is 386 g/mol. The van der Waals surface area contributed by atoms with Gasteiger partial charge in [-0.1, -0.05) is 23.7 Å². The number of esters is 1. The average molecular weight is 387 g/mol. The summed E-state index contributed by atoms with van der Waals surface area (Å²) in [6.07, 6.45) is 0.107. The third-order valence-corrected chi connectivity index (χ3v) is 4.57. The molecule has 1 fully saturated rings. The zero-order chi connectivity index (χ0) is 19.4. The van der Waals surface area contributed by atoms with Crippen molar-refractivity contribution < 1.29 is 19.1 Å². The van der Waals surface area contributed by atoms with Gasteiger partial charge >= 0.3 is 5.97 Å². The van der Waals surface area contributed by atoms with Gasteiger partial charge in [-0.15, -0.1) is 0 Å². The number of nitrogens with one attached hydrogen (secondary N) is 1.